The van der Waals surface area contributed by atoms with Crippen LogP contribution in [0, 0.1) is 0 Å². The van der Waals surface area contributed by atoms with Crippen LogP contribution in [0.2, 0.25) is 10.0 Å². The number of azide groups is 1. The molecule has 0 radical (unpaired) electrons. The van der Waals surface area contributed by atoms with Crippen LogP contribution in [0.3, 0.4) is 0 Å². The lowest BCUT2D eigenvalue weighted by Gasteiger charge is -2.14. The van der Waals surface area contributed by atoms with Gasteiger partial charge in [0.2, 0.25) is 0 Å². The summed E-state index contributed by atoms with van der Waals surface area (Å²) in [6.07, 6.45) is 0. The molecule has 18 heavy (non-hydrogen) atoms. The van der Waals surface area contributed by atoms with Crippen LogP contribution in [0.4, 0.5) is 0 Å². The first-order valence-electron chi connectivity index (χ1n) is 4.97. The predicted octanol–water partition coefficient (Wildman–Crippen LogP) is 3.02. The highest BCUT2D eigenvalue weighted by Gasteiger charge is 2.19. The first-order valence-corrected chi connectivity index (χ1v) is 5.73. The first kappa shape index (κ1) is 14.6. The lowest BCUT2D eigenvalue weighted by molar-refractivity contribution is -0.139. The number of hydrogen-bond donors (Lipinski definition) is 2. The van der Waals surface area contributed by atoms with Gasteiger partial charge in [0.15, 0.2) is 0 Å². The smallest absolute Gasteiger partial charge is 0.325 e. The Morgan fingerprint density at radius 2 is 2.06 bits per heavy atom. The van der Waals surface area contributed by atoms with Crippen molar-refractivity contribution in [1.29, 1.82) is 0 Å². The summed E-state index contributed by atoms with van der Waals surface area (Å²) in [5, 5.41) is 15.9. The van der Waals surface area contributed by atoms with Gasteiger partial charge < -0.3 is 10.4 Å². The van der Waals surface area contributed by atoms with Crippen molar-refractivity contribution in [3.05, 3.63) is 44.3 Å². The maximum absolute atomic E-state index is 11.1. The van der Waals surface area contributed by atoms with Crippen LogP contribution in [0.1, 0.15) is 11.6 Å². The molecule has 1 aromatic carbocycles. The molecule has 0 aromatic heterocycles. The summed E-state index contributed by atoms with van der Waals surface area (Å²) in [6.45, 7) is 0.403. The highest BCUT2D eigenvalue weighted by molar-refractivity contribution is 6.34. The first-order chi connectivity index (χ1) is 8.54. The number of benzene rings is 1. The Balaban J connectivity index is 2.83. The van der Waals surface area contributed by atoms with Crippen LogP contribution >= 0.6 is 23.2 Å². The fourth-order valence-electron chi connectivity index (χ4n) is 1.39. The second-order valence-electron chi connectivity index (χ2n) is 3.38. The fourth-order valence-corrected chi connectivity index (χ4v) is 1.94. The maximum Gasteiger partial charge on any atom is 0.325 e. The zero-order valence-corrected chi connectivity index (χ0v) is 10.7. The largest absolute Gasteiger partial charge is 0.480 e. The molecule has 0 fully saturated rings. The standard InChI is InChI=1S/C10H10Cl2N4O2/c11-7-3-6(4-8(12)5-7)9(10(17)18)14-1-2-15-16-13/h3-5,9,14H,1-2H2,(H,17,18). The predicted molar refractivity (Wildman–Crippen MR) is 68.9 cm³/mol. The Labute approximate surface area is 113 Å². The highest BCUT2D eigenvalue weighted by Crippen LogP contribution is 2.23. The molecular weight excluding hydrogens is 279 g/mol. The van der Waals surface area contributed by atoms with E-state index < -0.39 is 12.0 Å². The zero-order chi connectivity index (χ0) is 13.5. The van der Waals surface area contributed by atoms with Gasteiger partial charge >= 0.3 is 5.97 Å². The van der Waals surface area contributed by atoms with Crippen molar-refractivity contribution in [3.8, 4) is 0 Å². The minimum absolute atomic E-state index is 0.161. The van der Waals surface area contributed by atoms with Crippen molar-refractivity contribution in [2.75, 3.05) is 13.1 Å². The van der Waals surface area contributed by atoms with E-state index in [1.54, 1.807) is 0 Å². The summed E-state index contributed by atoms with van der Waals surface area (Å²) >= 11 is 11.6. The number of carboxylic acids is 1. The van der Waals surface area contributed by atoms with Gasteiger partial charge in [0.1, 0.15) is 6.04 Å². The molecule has 1 aromatic rings. The van der Waals surface area contributed by atoms with Crippen molar-refractivity contribution >= 4 is 29.2 Å². The van der Waals surface area contributed by atoms with Crippen LogP contribution in [-0.2, 0) is 4.79 Å². The van der Waals surface area contributed by atoms with E-state index >= 15 is 0 Å². The quantitative estimate of drug-likeness (QED) is 0.364. The molecule has 1 unspecified atom stereocenters. The van der Waals surface area contributed by atoms with E-state index in [1.165, 1.54) is 18.2 Å². The monoisotopic (exact) mass is 288 g/mol. The maximum atomic E-state index is 11.1. The Hall–Kier alpha value is -1.46. The molecule has 0 aliphatic rings. The number of nitrogens with zero attached hydrogens (tertiary/aromatic N) is 3. The number of halogens is 2. The molecule has 1 rings (SSSR count). The van der Waals surface area contributed by atoms with Gasteiger partial charge in [0.05, 0.1) is 0 Å². The molecule has 6 nitrogen and oxygen atoms in total. The fraction of sp³-hybridized carbons (Fsp3) is 0.300. The summed E-state index contributed by atoms with van der Waals surface area (Å²) < 4.78 is 0. The summed E-state index contributed by atoms with van der Waals surface area (Å²) in [5.41, 5.74) is 8.56. The molecule has 0 heterocycles. The van der Waals surface area contributed by atoms with Crippen LogP contribution < -0.4 is 5.32 Å². The van der Waals surface area contributed by atoms with E-state index in [2.05, 4.69) is 15.3 Å². The SMILES string of the molecule is [N-]=[N+]=NCCNC(C(=O)O)c1cc(Cl)cc(Cl)c1. The second-order valence-corrected chi connectivity index (χ2v) is 4.26. The van der Waals surface area contributed by atoms with E-state index in [0.29, 0.717) is 15.6 Å². The van der Waals surface area contributed by atoms with Crippen molar-refractivity contribution in [1.82, 2.24) is 5.32 Å². The van der Waals surface area contributed by atoms with E-state index in [0.717, 1.165) is 0 Å². The van der Waals surface area contributed by atoms with Crippen LogP contribution in [0.15, 0.2) is 23.3 Å². The summed E-state index contributed by atoms with van der Waals surface area (Å²) in [6, 6.07) is 3.61. The van der Waals surface area contributed by atoms with E-state index in [4.69, 9.17) is 33.8 Å². The van der Waals surface area contributed by atoms with Gasteiger partial charge in [-0.1, -0.05) is 28.3 Å². The van der Waals surface area contributed by atoms with Gasteiger partial charge in [-0.25, -0.2) is 0 Å². The minimum atomic E-state index is -1.06. The third-order valence-corrected chi connectivity index (χ3v) is 2.53. The van der Waals surface area contributed by atoms with E-state index in [1.807, 2.05) is 0 Å². The van der Waals surface area contributed by atoms with Gasteiger partial charge in [-0.2, -0.15) is 0 Å². The summed E-state index contributed by atoms with van der Waals surface area (Å²) in [5.74, 6) is -1.06. The van der Waals surface area contributed by atoms with Crippen molar-refractivity contribution in [3.63, 3.8) is 0 Å². The van der Waals surface area contributed by atoms with E-state index in [-0.39, 0.29) is 13.1 Å². The molecule has 96 valence electrons. The molecule has 8 heteroatoms. The van der Waals surface area contributed by atoms with Crippen molar-refractivity contribution in [2.24, 2.45) is 5.11 Å². The van der Waals surface area contributed by atoms with Crippen LogP contribution in [0.5, 0.6) is 0 Å². The average molecular weight is 289 g/mol. The summed E-state index contributed by atoms with van der Waals surface area (Å²) in [7, 11) is 0. The lowest BCUT2D eigenvalue weighted by atomic mass is 10.1. The minimum Gasteiger partial charge on any atom is -0.480 e. The number of hydrogen-bond acceptors (Lipinski definition) is 3. The molecule has 2 N–H and O–H groups in total. The normalized spacial score (nSPS) is 11.7. The number of carbonyl (C=O) groups is 1. The highest BCUT2D eigenvalue weighted by atomic mass is 35.5. The molecule has 0 bridgehead atoms. The number of rotatable bonds is 6. The Morgan fingerprint density at radius 3 is 2.56 bits per heavy atom. The number of carboxylic acid groups (broad SMARTS) is 1. The molecule has 0 aliphatic carbocycles. The molecular formula is C10H10Cl2N4O2. The Kier molecular flexibility index (Phi) is 5.74. The number of aliphatic carboxylic acids is 1. The lowest BCUT2D eigenvalue weighted by Crippen LogP contribution is -2.30. The van der Waals surface area contributed by atoms with Gasteiger partial charge in [-0.05, 0) is 29.3 Å². The molecule has 0 spiro atoms. The Morgan fingerprint density at radius 1 is 1.44 bits per heavy atom. The Bertz CT molecular complexity index is 469. The van der Waals surface area contributed by atoms with Gasteiger partial charge in [-0.15, -0.1) is 0 Å². The number of nitrogens with one attached hydrogen (secondary N) is 1. The van der Waals surface area contributed by atoms with Crippen LogP contribution in [0.25, 0.3) is 10.4 Å². The molecule has 0 aliphatic heterocycles. The average Bonchev–Trinajstić information content (AvgIpc) is 2.27. The van der Waals surface area contributed by atoms with Crippen molar-refractivity contribution in [2.45, 2.75) is 6.04 Å². The third-order valence-electron chi connectivity index (χ3n) is 2.09. The zero-order valence-electron chi connectivity index (χ0n) is 9.18. The second kappa shape index (κ2) is 7.08. The topological polar surface area (TPSA) is 98.1 Å². The molecule has 0 saturated heterocycles. The molecule has 0 amide bonds. The van der Waals surface area contributed by atoms with E-state index in [9.17, 15) is 4.79 Å². The van der Waals surface area contributed by atoms with Gasteiger partial charge in [0.25, 0.3) is 0 Å². The van der Waals surface area contributed by atoms with Crippen molar-refractivity contribution < 1.29 is 9.90 Å². The summed E-state index contributed by atoms with van der Waals surface area (Å²) in [4.78, 5) is 13.7. The molecule has 1 atom stereocenters. The van der Waals surface area contributed by atoms with Gasteiger partial charge in [0, 0.05) is 28.0 Å². The third kappa shape index (κ3) is 4.43. The molecule has 0 saturated carbocycles. The van der Waals surface area contributed by atoms with Gasteiger partial charge in [-0.3, -0.25) is 4.79 Å². The van der Waals surface area contributed by atoms with Crippen LogP contribution in [-0.4, -0.2) is 24.2 Å².